The highest BCUT2D eigenvalue weighted by atomic mass is 28.3. The van der Waals surface area contributed by atoms with Crippen LogP contribution in [-0.4, -0.2) is 8.07 Å². The molecular weight excluding hydrogens is 777 g/mol. The van der Waals surface area contributed by atoms with Gasteiger partial charge in [0.2, 0.25) is 0 Å². The van der Waals surface area contributed by atoms with E-state index in [0.29, 0.717) is 0 Å². The van der Waals surface area contributed by atoms with E-state index < -0.39 is 8.07 Å². The Morgan fingerprint density at radius 3 is 1.13 bits per heavy atom. The molecule has 0 aromatic heterocycles. The number of fused-ring (bicyclic) bond motifs is 3. The summed E-state index contributed by atoms with van der Waals surface area (Å²) in [4.78, 5) is 4.87. The van der Waals surface area contributed by atoms with Crippen molar-refractivity contribution >= 4 is 62.9 Å². The van der Waals surface area contributed by atoms with Crippen molar-refractivity contribution in [2.45, 2.75) is 0 Å². The molecule has 298 valence electrons. The molecule has 10 aromatic carbocycles. The highest BCUT2D eigenvalue weighted by Gasteiger charge is 2.50. The maximum atomic E-state index is 2.52. The van der Waals surface area contributed by atoms with Crippen molar-refractivity contribution in [2.75, 3.05) is 9.80 Å². The number of benzene rings is 10. The zero-order valence-electron chi connectivity index (χ0n) is 34.8. The van der Waals surface area contributed by atoms with Gasteiger partial charge in [-0.2, -0.15) is 0 Å². The van der Waals surface area contributed by atoms with Crippen LogP contribution in [0.2, 0.25) is 0 Å². The first kappa shape index (κ1) is 38.0. The molecule has 0 fully saturated rings. The Morgan fingerprint density at radius 2 is 0.635 bits per heavy atom. The Labute approximate surface area is 371 Å². The molecule has 0 saturated carbocycles. The van der Waals surface area contributed by atoms with Crippen LogP contribution >= 0.6 is 0 Å². The molecule has 3 heteroatoms. The molecule has 1 aliphatic heterocycles. The summed E-state index contributed by atoms with van der Waals surface area (Å²) in [7, 11) is -2.94. The number of rotatable bonds is 10. The molecule has 1 aliphatic rings. The van der Waals surface area contributed by atoms with Gasteiger partial charge in [-0.3, -0.25) is 0 Å². The van der Waals surface area contributed by atoms with Crippen molar-refractivity contribution in [1.82, 2.24) is 0 Å². The molecule has 0 N–H and O–H groups in total. The second-order valence-corrected chi connectivity index (χ2v) is 19.8. The molecule has 11 rings (SSSR count). The van der Waals surface area contributed by atoms with E-state index in [9.17, 15) is 0 Å². The predicted molar refractivity (Wildman–Crippen MR) is 269 cm³/mol. The van der Waals surface area contributed by atoms with Crippen LogP contribution in [0.15, 0.2) is 267 Å². The Kier molecular flexibility index (Phi) is 9.93. The van der Waals surface area contributed by atoms with Crippen LogP contribution in [0, 0.1) is 0 Å². The van der Waals surface area contributed by atoms with Gasteiger partial charge in [0.05, 0.1) is 5.69 Å². The normalized spacial score (nSPS) is 12.3. The highest BCUT2D eigenvalue weighted by molar-refractivity contribution is 7.22. The lowest BCUT2D eigenvalue weighted by Gasteiger charge is -2.33. The number of hydrogen-bond acceptors (Lipinski definition) is 2. The van der Waals surface area contributed by atoms with Crippen LogP contribution in [0.5, 0.6) is 0 Å². The van der Waals surface area contributed by atoms with E-state index in [1.807, 2.05) is 0 Å². The molecule has 1 heterocycles. The molecule has 0 radical (unpaired) electrons. The van der Waals surface area contributed by atoms with Gasteiger partial charge in [-0.25, -0.2) is 0 Å². The fourth-order valence-electron chi connectivity index (χ4n) is 9.73. The number of anilines is 6. The highest BCUT2D eigenvalue weighted by Crippen LogP contribution is 2.45. The molecule has 2 nitrogen and oxygen atoms in total. The minimum atomic E-state index is -2.94. The SMILES string of the molecule is c1ccc(-c2ccc(N(c3ccccc3)c3ccc4c(c3)[Si](c3ccccc3)(c3ccccc3)c3cccc(N(c5ccccc5)c5ccc(-c6ccccc6)cc5)c3-4)cc2)cc1. The van der Waals surface area contributed by atoms with Gasteiger partial charge in [0.1, 0.15) is 0 Å². The van der Waals surface area contributed by atoms with E-state index in [2.05, 4.69) is 277 Å². The lowest BCUT2D eigenvalue weighted by atomic mass is 10.00. The lowest BCUT2D eigenvalue weighted by molar-refractivity contribution is 1.28. The summed E-state index contributed by atoms with van der Waals surface area (Å²) in [6, 6.07) is 97.8. The molecule has 0 aliphatic carbocycles. The van der Waals surface area contributed by atoms with E-state index in [-0.39, 0.29) is 0 Å². The molecule has 63 heavy (non-hydrogen) atoms. The van der Waals surface area contributed by atoms with Crippen LogP contribution < -0.4 is 30.5 Å². The van der Waals surface area contributed by atoms with E-state index in [4.69, 9.17) is 0 Å². The fraction of sp³-hybridized carbons (Fsp3) is 0. The average molecular weight is 821 g/mol. The monoisotopic (exact) mass is 820 g/mol. The minimum Gasteiger partial charge on any atom is -0.311 e. The van der Waals surface area contributed by atoms with Gasteiger partial charge in [0.15, 0.2) is 8.07 Å². The fourth-order valence-corrected chi connectivity index (χ4v) is 14.9. The quantitative estimate of drug-likeness (QED) is 0.127. The first-order valence-corrected chi connectivity index (χ1v) is 23.7. The average Bonchev–Trinajstić information content (AvgIpc) is 3.67. The van der Waals surface area contributed by atoms with E-state index in [1.54, 1.807) is 0 Å². The number of para-hydroxylation sites is 2. The van der Waals surface area contributed by atoms with Crippen LogP contribution in [0.4, 0.5) is 34.1 Å². The summed E-state index contributed by atoms with van der Waals surface area (Å²) >= 11 is 0. The van der Waals surface area contributed by atoms with E-state index in [1.165, 1.54) is 54.1 Å². The van der Waals surface area contributed by atoms with Crippen molar-refractivity contribution < 1.29 is 0 Å². The van der Waals surface area contributed by atoms with Crippen molar-refractivity contribution in [3.05, 3.63) is 267 Å². The molecule has 10 aromatic rings. The van der Waals surface area contributed by atoms with Gasteiger partial charge >= 0.3 is 0 Å². The van der Waals surface area contributed by atoms with Crippen molar-refractivity contribution in [2.24, 2.45) is 0 Å². The number of nitrogens with zero attached hydrogens (tertiary/aromatic N) is 2. The second-order valence-electron chi connectivity index (χ2n) is 16.1. The van der Waals surface area contributed by atoms with Gasteiger partial charge in [-0.05, 0) is 115 Å². The molecule has 0 unspecified atom stereocenters. The first-order chi connectivity index (χ1) is 31.3. The smallest absolute Gasteiger partial charge is 0.181 e. The zero-order chi connectivity index (χ0) is 42.0. The maximum Gasteiger partial charge on any atom is 0.181 e. The summed E-state index contributed by atoms with van der Waals surface area (Å²) < 4.78 is 0. The van der Waals surface area contributed by atoms with Crippen molar-refractivity contribution in [3.8, 4) is 33.4 Å². The van der Waals surface area contributed by atoms with Crippen LogP contribution in [0.1, 0.15) is 0 Å². The summed E-state index contributed by atoms with van der Waals surface area (Å²) in [6.07, 6.45) is 0. The Bertz CT molecular complexity index is 3080. The van der Waals surface area contributed by atoms with E-state index in [0.717, 1.165) is 34.1 Å². The zero-order valence-corrected chi connectivity index (χ0v) is 35.8. The molecule has 0 atom stereocenters. The second kappa shape index (κ2) is 16.5. The van der Waals surface area contributed by atoms with Crippen LogP contribution in [-0.2, 0) is 0 Å². The third-order valence-corrected chi connectivity index (χ3v) is 17.4. The Morgan fingerprint density at radius 1 is 0.254 bits per heavy atom. The lowest BCUT2D eigenvalue weighted by Crippen LogP contribution is -2.72. The predicted octanol–water partition coefficient (Wildman–Crippen LogP) is 13.3. The van der Waals surface area contributed by atoms with Crippen LogP contribution in [0.25, 0.3) is 33.4 Å². The summed E-state index contributed by atoms with van der Waals surface area (Å²) in [5.74, 6) is 0. The topological polar surface area (TPSA) is 6.48 Å². The molecular formula is C60H44N2Si. The summed E-state index contributed by atoms with van der Waals surface area (Å²) in [5.41, 5.74) is 14.1. The molecule has 0 spiro atoms. The maximum absolute atomic E-state index is 2.94. The standard InChI is InChI=1S/C60H44N2Si/c1-7-20-45(21-8-1)47-34-38-51(39-35-47)61(49-24-11-3-12-25-49)53-42-43-56-59(44-53)63(54-28-15-5-16-29-54,55-30-17-6-18-31-55)58-33-19-32-57(60(56)58)62(50-26-13-4-14-27-50)52-40-36-48(37-41-52)46-22-9-2-10-23-46/h1-44H. The van der Waals surface area contributed by atoms with Gasteiger partial charge < -0.3 is 9.80 Å². The Balaban J connectivity index is 1.16. The van der Waals surface area contributed by atoms with Crippen molar-refractivity contribution in [1.29, 1.82) is 0 Å². The van der Waals surface area contributed by atoms with Gasteiger partial charge in [0.25, 0.3) is 0 Å². The Hall–Kier alpha value is -7.98. The molecule has 0 bridgehead atoms. The minimum absolute atomic E-state index is 1.11. The van der Waals surface area contributed by atoms with Gasteiger partial charge in [-0.15, -0.1) is 0 Å². The first-order valence-electron chi connectivity index (χ1n) is 21.7. The number of hydrogen-bond donors (Lipinski definition) is 0. The van der Waals surface area contributed by atoms with Gasteiger partial charge in [-0.1, -0.05) is 200 Å². The molecule has 0 saturated heterocycles. The third-order valence-electron chi connectivity index (χ3n) is 12.5. The largest absolute Gasteiger partial charge is 0.311 e. The van der Waals surface area contributed by atoms with Crippen molar-refractivity contribution in [3.63, 3.8) is 0 Å². The van der Waals surface area contributed by atoms with E-state index >= 15 is 0 Å². The van der Waals surface area contributed by atoms with Gasteiger partial charge in [0, 0.05) is 34.0 Å². The molecule has 0 amide bonds. The summed E-state index contributed by atoms with van der Waals surface area (Å²) in [5, 5.41) is 5.50. The summed E-state index contributed by atoms with van der Waals surface area (Å²) in [6.45, 7) is 0. The third kappa shape index (κ3) is 6.76. The van der Waals surface area contributed by atoms with Crippen LogP contribution in [0.3, 0.4) is 0 Å².